The van der Waals surface area contributed by atoms with E-state index in [4.69, 9.17) is 4.74 Å². The maximum Gasteiger partial charge on any atom is 0.308 e. The van der Waals surface area contributed by atoms with Crippen LogP contribution in [-0.2, 0) is 9.53 Å². The van der Waals surface area contributed by atoms with Crippen LogP contribution in [0.25, 0.3) is 0 Å². The molecule has 76 valence electrons. The number of esters is 1. The number of hydrogen-bond donors (Lipinski definition) is 0. The van der Waals surface area contributed by atoms with Crippen LogP contribution in [0.15, 0.2) is 0 Å². The highest BCUT2D eigenvalue weighted by Gasteiger charge is 2.29. The number of carbonyl (C=O) groups excluding carboxylic acids is 1. The van der Waals surface area contributed by atoms with Gasteiger partial charge in [-0.2, -0.15) is 0 Å². The molecule has 0 N–H and O–H groups in total. The van der Waals surface area contributed by atoms with E-state index >= 15 is 0 Å². The van der Waals surface area contributed by atoms with E-state index in [1.807, 2.05) is 0 Å². The third kappa shape index (κ3) is 3.02. The molecule has 0 amide bonds. The van der Waals surface area contributed by atoms with Gasteiger partial charge in [-0.15, -0.1) is 0 Å². The van der Waals surface area contributed by atoms with Crippen LogP contribution in [0.3, 0.4) is 0 Å². The summed E-state index contributed by atoms with van der Waals surface area (Å²) in [5, 5.41) is 0. The Morgan fingerprint density at radius 1 is 1.46 bits per heavy atom. The van der Waals surface area contributed by atoms with Gasteiger partial charge in [0.25, 0.3) is 0 Å². The second-order valence-corrected chi connectivity index (χ2v) is 4.04. The SMILES string of the molecule is CCCC[C@H]1CC[C@@H](C(=O)OC)C1. The van der Waals surface area contributed by atoms with E-state index in [2.05, 4.69) is 6.92 Å². The molecule has 1 aliphatic carbocycles. The van der Waals surface area contributed by atoms with Crippen molar-refractivity contribution in [1.82, 2.24) is 0 Å². The molecule has 0 spiro atoms. The van der Waals surface area contributed by atoms with E-state index < -0.39 is 0 Å². The molecule has 0 aliphatic heterocycles. The van der Waals surface area contributed by atoms with Crippen molar-refractivity contribution in [3.8, 4) is 0 Å². The fourth-order valence-corrected chi connectivity index (χ4v) is 2.21. The number of ether oxygens (including phenoxy) is 1. The van der Waals surface area contributed by atoms with E-state index in [0.717, 1.165) is 18.8 Å². The molecular weight excluding hydrogens is 164 g/mol. The maximum atomic E-state index is 11.2. The van der Waals surface area contributed by atoms with Crippen molar-refractivity contribution < 1.29 is 9.53 Å². The Morgan fingerprint density at radius 2 is 2.23 bits per heavy atom. The van der Waals surface area contributed by atoms with Crippen molar-refractivity contribution in [3.63, 3.8) is 0 Å². The smallest absolute Gasteiger partial charge is 0.308 e. The molecule has 13 heavy (non-hydrogen) atoms. The van der Waals surface area contributed by atoms with Crippen molar-refractivity contribution >= 4 is 5.97 Å². The van der Waals surface area contributed by atoms with Gasteiger partial charge >= 0.3 is 5.97 Å². The van der Waals surface area contributed by atoms with Crippen LogP contribution in [0.5, 0.6) is 0 Å². The third-order valence-corrected chi connectivity index (χ3v) is 3.04. The molecule has 2 atom stereocenters. The third-order valence-electron chi connectivity index (χ3n) is 3.04. The molecule has 2 heteroatoms. The summed E-state index contributed by atoms with van der Waals surface area (Å²) in [7, 11) is 1.49. The molecule has 1 rings (SSSR count). The summed E-state index contributed by atoms with van der Waals surface area (Å²) in [5.74, 6) is 0.981. The Bertz CT molecular complexity index is 165. The second-order valence-electron chi connectivity index (χ2n) is 4.04. The molecule has 0 bridgehead atoms. The Kier molecular flexibility index (Phi) is 4.26. The highest BCUT2D eigenvalue weighted by molar-refractivity contribution is 5.72. The van der Waals surface area contributed by atoms with Gasteiger partial charge in [0.05, 0.1) is 13.0 Å². The van der Waals surface area contributed by atoms with Gasteiger partial charge in [-0.25, -0.2) is 0 Å². The molecule has 1 saturated carbocycles. The summed E-state index contributed by atoms with van der Waals surface area (Å²) in [6.07, 6.45) is 7.19. The molecule has 0 saturated heterocycles. The average Bonchev–Trinajstić information content (AvgIpc) is 2.62. The largest absolute Gasteiger partial charge is 0.469 e. The minimum Gasteiger partial charge on any atom is -0.469 e. The molecule has 0 aromatic carbocycles. The molecule has 0 heterocycles. The Balaban J connectivity index is 2.23. The maximum absolute atomic E-state index is 11.2. The van der Waals surface area contributed by atoms with Crippen LogP contribution in [0.4, 0.5) is 0 Å². The predicted molar refractivity (Wildman–Crippen MR) is 52.4 cm³/mol. The van der Waals surface area contributed by atoms with E-state index in [0.29, 0.717) is 0 Å². The topological polar surface area (TPSA) is 26.3 Å². The van der Waals surface area contributed by atoms with Crippen LogP contribution >= 0.6 is 0 Å². The lowest BCUT2D eigenvalue weighted by molar-refractivity contribution is -0.145. The number of methoxy groups -OCH3 is 1. The minimum absolute atomic E-state index is 0.000927. The zero-order chi connectivity index (χ0) is 9.68. The summed E-state index contributed by atoms with van der Waals surface area (Å²) < 4.78 is 4.75. The van der Waals surface area contributed by atoms with Gasteiger partial charge in [-0.1, -0.05) is 26.2 Å². The quantitative estimate of drug-likeness (QED) is 0.628. The van der Waals surface area contributed by atoms with Crippen molar-refractivity contribution in [3.05, 3.63) is 0 Å². The summed E-state index contributed by atoms with van der Waals surface area (Å²) >= 11 is 0. The Morgan fingerprint density at radius 3 is 2.85 bits per heavy atom. The zero-order valence-corrected chi connectivity index (χ0v) is 8.71. The van der Waals surface area contributed by atoms with Crippen molar-refractivity contribution in [2.75, 3.05) is 7.11 Å². The first-order valence-electron chi connectivity index (χ1n) is 5.35. The van der Waals surface area contributed by atoms with E-state index in [-0.39, 0.29) is 11.9 Å². The first-order chi connectivity index (χ1) is 6.27. The van der Waals surface area contributed by atoms with E-state index in [1.54, 1.807) is 0 Å². The minimum atomic E-state index is -0.000927. The highest BCUT2D eigenvalue weighted by Crippen LogP contribution is 2.34. The first kappa shape index (κ1) is 10.6. The number of unbranched alkanes of at least 4 members (excludes halogenated alkanes) is 1. The Hall–Kier alpha value is -0.530. The number of rotatable bonds is 4. The van der Waals surface area contributed by atoms with Crippen molar-refractivity contribution in [2.45, 2.75) is 45.4 Å². The molecule has 0 radical (unpaired) electrons. The van der Waals surface area contributed by atoms with E-state index in [9.17, 15) is 4.79 Å². The van der Waals surface area contributed by atoms with Crippen molar-refractivity contribution in [2.24, 2.45) is 11.8 Å². The molecule has 1 fully saturated rings. The highest BCUT2D eigenvalue weighted by atomic mass is 16.5. The summed E-state index contributed by atoms with van der Waals surface area (Å²) in [6.45, 7) is 2.22. The van der Waals surface area contributed by atoms with Crippen LogP contribution in [-0.4, -0.2) is 13.1 Å². The lowest BCUT2D eigenvalue weighted by atomic mass is 9.99. The monoisotopic (exact) mass is 184 g/mol. The van der Waals surface area contributed by atoms with Gasteiger partial charge in [-0.3, -0.25) is 4.79 Å². The Labute approximate surface area is 80.7 Å². The summed E-state index contributed by atoms with van der Waals surface area (Å²) in [4.78, 5) is 11.2. The van der Waals surface area contributed by atoms with Crippen LogP contribution in [0.1, 0.15) is 45.4 Å². The van der Waals surface area contributed by atoms with Gasteiger partial charge in [0, 0.05) is 0 Å². The molecule has 0 aromatic heterocycles. The van der Waals surface area contributed by atoms with Gasteiger partial charge in [-0.05, 0) is 25.2 Å². The standard InChI is InChI=1S/C11H20O2/c1-3-4-5-9-6-7-10(8-9)11(12)13-2/h9-10H,3-8H2,1-2H3/t9-,10+/m0/s1. The number of carbonyl (C=O) groups is 1. The normalized spacial score (nSPS) is 27.5. The molecule has 0 aromatic rings. The fourth-order valence-electron chi connectivity index (χ4n) is 2.21. The number of hydrogen-bond acceptors (Lipinski definition) is 2. The average molecular weight is 184 g/mol. The van der Waals surface area contributed by atoms with Crippen LogP contribution in [0.2, 0.25) is 0 Å². The predicted octanol–water partition coefficient (Wildman–Crippen LogP) is 2.77. The lowest BCUT2D eigenvalue weighted by Crippen LogP contribution is -2.12. The van der Waals surface area contributed by atoms with Crippen molar-refractivity contribution in [1.29, 1.82) is 0 Å². The summed E-state index contributed by atoms with van der Waals surface area (Å²) in [6, 6.07) is 0. The fraction of sp³-hybridized carbons (Fsp3) is 0.909. The molecular formula is C11H20O2. The van der Waals surface area contributed by atoms with Gasteiger partial charge in [0.1, 0.15) is 0 Å². The summed E-state index contributed by atoms with van der Waals surface area (Å²) in [5.41, 5.74) is 0. The second kappa shape index (κ2) is 5.25. The van der Waals surface area contributed by atoms with Gasteiger partial charge < -0.3 is 4.74 Å². The van der Waals surface area contributed by atoms with Gasteiger partial charge in [0.15, 0.2) is 0 Å². The van der Waals surface area contributed by atoms with Crippen LogP contribution < -0.4 is 0 Å². The molecule has 1 aliphatic rings. The lowest BCUT2D eigenvalue weighted by Gasteiger charge is -2.08. The first-order valence-corrected chi connectivity index (χ1v) is 5.35. The molecule has 2 nitrogen and oxygen atoms in total. The molecule has 0 unspecified atom stereocenters. The van der Waals surface area contributed by atoms with Gasteiger partial charge in [0.2, 0.25) is 0 Å². The zero-order valence-electron chi connectivity index (χ0n) is 8.71. The van der Waals surface area contributed by atoms with E-state index in [1.165, 1.54) is 32.8 Å². The van der Waals surface area contributed by atoms with Crippen LogP contribution in [0, 0.1) is 11.8 Å².